The molecule has 8 heteroatoms. The van der Waals surface area contributed by atoms with E-state index in [-0.39, 0.29) is 42.2 Å². The fourth-order valence-electron chi connectivity index (χ4n) is 4.13. The Bertz CT molecular complexity index is 1150. The van der Waals surface area contributed by atoms with E-state index in [2.05, 4.69) is 37.7 Å². The number of carbonyl (C=O) groups excluding carboxylic acids is 2. The lowest BCUT2D eigenvalue weighted by Gasteiger charge is -2.27. The van der Waals surface area contributed by atoms with E-state index >= 15 is 0 Å². The van der Waals surface area contributed by atoms with Crippen molar-refractivity contribution in [2.24, 2.45) is 11.3 Å². The van der Waals surface area contributed by atoms with E-state index < -0.39 is 0 Å². The number of rotatable bonds is 7. The molecule has 3 rings (SSSR count). The highest BCUT2D eigenvalue weighted by molar-refractivity contribution is 6.30. The fourth-order valence-corrected chi connectivity index (χ4v) is 4.26. The summed E-state index contributed by atoms with van der Waals surface area (Å²) in [4.78, 5) is 37.2. The van der Waals surface area contributed by atoms with Crippen LogP contribution in [-0.4, -0.2) is 44.8 Å². The first-order chi connectivity index (χ1) is 16.0. The van der Waals surface area contributed by atoms with Gasteiger partial charge in [-0.2, -0.15) is 5.26 Å². The molecule has 1 aliphatic rings. The number of aryl methyl sites for hydroxylation is 1. The van der Waals surface area contributed by atoms with Crippen molar-refractivity contribution in [3.63, 3.8) is 0 Å². The van der Waals surface area contributed by atoms with Crippen LogP contribution >= 0.6 is 11.6 Å². The van der Waals surface area contributed by atoms with Crippen LogP contribution in [0.1, 0.15) is 56.8 Å². The van der Waals surface area contributed by atoms with Gasteiger partial charge >= 0.3 is 6.03 Å². The summed E-state index contributed by atoms with van der Waals surface area (Å²) in [5.74, 6) is 0.00302. The number of halogens is 1. The summed E-state index contributed by atoms with van der Waals surface area (Å²) in [6.07, 6.45) is 4.44. The third-order valence-corrected chi connectivity index (χ3v) is 6.02. The van der Waals surface area contributed by atoms with E-state index in [1.54, 1.807) is 23.2 Å². The van der Waals surface area contributed by atoms with Gasteiger partial charge in [0.1, 0.15) is 12.6 Å². The predicted molar refractivity (Wildman–Crippen MR) is 132 cm³/mol. The number of carbonyl (C=O) groups is 2. The Labute approximate surface area is 206 Å². The summed E-state index contributed by atoms with van der Waals surface area (Å²) in [6.45, 7) is 11.0. The van der Waals surface area contributed by atoms with Gasteiger partial charge in [-0.15, -0.1) is 0 Å². The highest BCUT2D eigenvalue weighted by Gasteiger charge is 2.37. The number of urea groups is 1. The van der Waals surface area contributed by atoms with E-state index in [9.17, 15) is 9.59 Å². The van der Waals surface area contributed by atoms with Gasteiger partial charge in [0.15, 0.2) is 0 Å². The topological polar surface area (TPSA) is 90.2 Å². The number of amides is 3. The zero-order chi connectivity index (χ0) is 25.0. The van der Waals surface area contributed by atoms with Crippen molar-refractivity contribution in [3.05, 3.63) is 63.7 Å². The molecule has 0 radical (unpaired) electrons. The maximum absolute atomic E-state index is 13.2. The van der Waals surface area contributed by atoms with Crippen LogP contribution in [0.2, 0.25) is 5.02 Å². The first kappa shape index (κ1) is 25.4. The Hall–Kier alpha value is -3.24. The maximum atomic E-state index is 13.2. The summed E-state index contributed by atoms with van der Waals surface area (Å²) in [5, 5.41) is 9.68. The average Bonchev–Trinajstić information content (AvgIpc) is 3.02. The molecule has 178 valence electrons. The quantitative estimate of drug-likeness (QED) is 0.507. The first-order valence-electron chi connectivity index (χ1n) is 11.2. The van der Waals surface area contributed by atoms with E-state index in [1.165, 1.54) is 4.90 Å². The van der Waals surface area contributed by atoms with Crippen LogP contribution in [0.5, 0.6) is 0 Å². The van der Waals surface area contributed by atoms with Crippen LogP contribution in [0.4, 0.5) is 4.79 Å². The molecule has 0 bridgehead atoms. The van der Waals surface area contributed by atoms with Crippen LogP contribution in [0, 0.1) is 29.6 Å². The zero-order valence-electron chi connectivity index (χ0n) is 20.3. The van der Waals surface area contributed by atoms with Gasteiger partial charge in [-0.1, -0.05) is 57.5 Å². The lowest BCUT2D eigenvalue weighted by molar-refractivity contribution is -0.125. The number of hydrogen-bond donors (Lipinski definition) is 0. The van der Waals surface area contributed by atoms with Crippen molar-refractivity contribution in [1.82, 2.24) is 19.8 Å². The molecule has 1 saturated heterocycles. The van der Waals surface area contributed by atoms with Crippen LogP contribution in [0.3, 0.4) is 0 Å². The minimum absolute atomic E-state index is 0.0431. The van der Waals surface area contributed by atoms with Crippen LogP contribution in [0.15, 0.2) is 36.0 Å². The minimum atomic E-state index is -0.304. The summed E-state index contributed by atoms with van der Waals surface area (Å²) in [7, 11) is 0. The first-order valence-corrected chi connectivity index (χ1v) is 11.6. The van der Waals surface area contributed by atoms with E-state index in [0.717, 1.165) is 23.1 Å². The lowest BCUT2D eigenvalue weighted by atomic mass is 9.81. The Morgan fingerprint density at radius 2 is 1.94 bits per heavy atom. The molecule has 0 saturated carbocycles. The highest BCUT2D eigenvalue weighted by Crippen LogP contribution is 2.31. The molecule has 0 aliphatic carbocycles. The molecule has 1 fully saturated rings. The second-order valence-corrected chi connectivity index (χ2v) is 10.4. The summed E-state index contributed by atoms with van der Waals surface area (Å²) in [5.41, 5.74) is 3.37. The fraction of sp³-hybridized carbons (Fsp3) is 0.423. The minimum Gasteiger partial charge on any atom is -0.311 e. The largest absolute Gasteiger partial charge is 0.327 e. The molecular weight excluding hydrogens is 450 g/mol. The average molecular weight is 480 g/mol. The number of imide groups is 1. The number of nitrogens with zero attached hydrogens (tertiary/aromatic N) is 5. The van der Waals surface area contributed by atoms with E-state index in [0.29, 0.717) is 17.3 Å². The van der Waals surface area contributed by atoms with Gasteiger partial charge in [-0.25, -0.2) is 14.8 Å². The maximum Gasteiger partial charge on any atom is 0.327 e. The van der Waals surface area contributed by atoms with Crippen molar-refractivity contribution in [2.45, 2.75) is 47.6 Å². The number of hydrogen-bond acceptors (Lipinski definition) is 5. The molecule has 1 unspecified atom stereocenters. The molecule has 7 nitrogen and oxygen atoms in total. The van der Waals surface area contributed by atoms with Crippen LogP contribution in [-0.2, 0) is 11.3 Å². The van der Waals surface area contributed by atoms with Gasteiger partial charge in [0.2, 0.25) is 5.82 Å². The summed E-state index contributed by atoms with van der Waals surface area (Å²) < 4.78 is 0. The third kappa shape index (κ3) is 6.42. The Morgan fingerprint density at radius 3 is 2.53 bits per heavy atom. The monoisotopic (exact) mass is 479 g/mol. The normalized spacial score (nSPS) is 15.6. The molecule has 3 amide bonds. The van der Waals surface area contributed by atoms with Crippen molar-refractivity contribution < 1.29 is 9.59 Å². The second-order valence-electron chi connectivity index (χ2n) is 9.98. The molecule has 0 N–H and O–H groups in total. The molecule has 0 spiro atoms. The SMILES string of the molecule is Cc1nc(C#N)ncc1/C=C(/CN1C(=O)CN(Cc2ccc(Cl)cc2)C1=O)C(C)CC(C)(C)C. The molecule has 2 aromatic rings. The molecular formula is C26H30ClN5O2. The van der Waals surface area contributed by atoms with Gasteiger partial charge in [0.05, 0.1) is 6.54 Å². The third-order valence-electron chi connectivity index (χ3n) is 5.77. The Balaban J connectivity index is 1.86. The van der Waals surface area contributed by atoms with Gasteiger partial charge in [-0.05, 0) is 47.9 Å². The predicted octanol–water partition coefficient (Wildman–Crippen LogP) is 5.23. The van der Waals surface area contributed by atoms with Crippen LogP contribution < -0.4 is 0 Å². The van der Waals surface area contributed by atoms with Gasteiger partial charge in [0, 0.05) is 29.0 Å². The molecule has 2 heterocycles. The van der Waals surface area contributed by atoms with E-state index in [1.807, 2.05) is 31.2 Å². The molecule has 1 atom stereocenters. The second kappa shape index (κ2) is 10.4. The van der Waals surface area contributed by atoms with Crippen molar-refractivity contribution >= 4 is 29.6 Å². The van der Waals surface area contributed by atoms with E-state index in [4.69, 9.17) is 16.9 Å². The molecule has 1 aromatic heterocycles. The standard InChI is InChI=1S/C26H30ClN5O2/c1-17(11-26(3,4)5)21(10-20-13-29-23(12-28)30-18(20)2)15-32-24(33)16-31(25(32)34)14-19-6-8-22(27)9-7-19/h6-10,13,17H,11,14-16H2,1-5H3/b21-10-. The summed E-state index contributed by atoms with van der Waals surface area (Å²) in [6, 6.07) is 8.90. The Kier molecular flexibility index (Phi) is 7.73. The van der Waals surface area contributed by atoms with Gasteiger partial charge in [-0.3, -0.25) is 9.69 Å². The summed E-state index contributed by atoms with van der Waals surface area (Å²) >= 11 is 5.96. The van der Waals surface area contributed by atoms with Crippen LogP contribution in [0.25, 0.3) is 6.08 Å². The van der Waals surface area contributed by atoms with Crippen molar-refractivity contribution in [2.75, 3.05) is 13.1 Å². The zero-order valence-corrected chi connectivity index (χ0v) is 21.1. The van der Waals surface area contributed by atoms with Gasteiger partial charge < -0.3 is 4.90 Å². The van der Waals surface area contributed by atoms with Crippen molar-refractivity contribution in [3.8, 4) is 6.07 Å². The molecule has 1 aromatic carbocycles. The highest BCUT2D eigenvalue weighted by atomic mass is 35.5. The van der Waals surface area contributed by atoms with Crippen molar-refractivity contribution in [1.29, 1.82) is 5.26 Å². The Morgan fingerprint density at radius 1 is 1.26 bits per heavy atom. The lowest BCUT2D eigenvalue weighted by Crippen LogP contribution is -2.35. The smallest absolute Gasteiger partial charge is 0.311 e. The number of benzene rings is 1. The number of nitriles is 1. The molecule has 34 heavy (non-hydrogen) atoms. The molecule has 1 aliphatic heterocycles. The van der Waals surface area contributed by atoms with Gasteiger partial charge in [0.25, 0.3) is 5.91 Å². The number of aromatic nitrogens is 2.